The Labute approximate surface area is 137 Å². The third-order valence-electron chi connectivity index (χ3n) is 3.98. The number of rotatable bonds is 2. The van der Waals surface area contributed by atoms with Gasteiger partial charge in [-0.05, 0) is 43.2 Å². The summed E-state index contributed by atoms with van der Waals surface area (Å²) in [5.41, 5.74) is 1.23. The number of Topliss-reactive ketones (excluding diaryl/α,β-unsaturated/α-hetero) is 1. The molecule has 0 bridgehead atoms. The van der Waals surface area contributed by atoms with Gasteiger partial charge in [0.05, 0.1) is 0 Å². The Kier molecular flexibility index (Phi) is 4.05. The highest BCUT2D eigenvalue weighted by molar-refractivity contribution is 6.30. The van der Waals surface area contributed by atoms with Crippen molar-refractivity contribution >= 4 is 23.3 Å². The van der Waals surface area contributed by atoms with Gasteiger partial charge in [0.2, 0.25) is 0 Å². The van der Waals surface area contributed by atoms with Crippen molar-refractivity contribution in [2.45, 2.75) is 19.3 Å². The number of hydrogen-bond donors (Lipinski definition) is 1. The summed E-state index contributed by atoms with van der Waals surface area (Å²) in [4.78, 5) is 37.0. The van der Waals surface area contributed by atoms with Crippen LogP contribution in [0, 0.1) is 0 Å². The Hall–Kier alpha value is -2.40. The summed E-state index contributed by atoms with van der Waals surface area (Å²) in [6, 6.07) is 8.18. The van der Waals surface area contributed by atoms with Crippen LogP contribution in [0.3, 0.4) is 0 Å². The highest BCUT2D eigenvalue weighted by atomic mass is 35.5. The van der Waals surface area contributed by atoms with Crippen LogP contribution >= 0.6 is 11.6 Å². The zero-order valence-electron chi connectivity index (χ0n) is 12.6. The largest absolute Gasteiger partial charge is 0.355 e. The normalized spacial score (nSPS) is 13.6. The average Bonchev–Trinajstić information content (AvgIpc) is 2.55. The van der Waals surface area contributed by atoms with E-state index in [0.29, 0.717) is 41.2 Å². The van der Waals surface area contributed by atoms with Gasteiger partial charge in [-0.15, -0.1) is 0 Å². The van der Waals surface area contributed by atoms with Crippen molar-refractivity contribution in [3.63, 3.8) is 0 Å². The van der Waals surface area contributed by atoms with Gasteiger partial charge in [0.1, 0.15) is 5.56 Å². The van der Waals surface area contributed by atoms with Crippen LogP contribution in [0.1, 0.15) is 39.3 Å². The maximum Gasteiger partial charge on any atom is 0.268 e. The molecule has 6 heteroatoms. The standard InChI is InChI=1S/C17H15ClN2O3/c1-19-16(22)13-9-12-14(3-2-4-15(12)21)20(17(13)23)11-7-5-10(18)6-8-11/h5-9H,2-4H2,1H3,(H,19,22). The number of carbonyl (C=O) groups excluding carboxylic acids is 2. The van der Waals surface area contributed by atoms with Crippen molar-refractivity contribution in [1.29, 1.82) is 0 Å². The molecule has 0 atom stereocenters. The molecule has 0 radical (unpaired) electrons. The van der Waals surface area contributed by atoms with E-state index in [2.05, 4.69) is 5.32 Å². The van der Waals surface area contributed by atoms with Gasteiger partial charge in [-0.2, -0.15) is 0 Å². The van der Waals surface area contributed by atoms with Gasteiger partial charge in [0.15, 0.2) is 5.78 Å². The summed E-state index contributed by atoms with van der Waals surface area (Å²) in [7, 11) is 1.45. The first-order valence-electron chi connectivity index (χ1n) is 7.33. The minimum absolute atomic E-state index is 0.0311. The first-order valence-corrected chi connectivity index (χ1v) is 7.71. The summed E-state index contributed by atoms with van der Waals surface area (Å²) in [5.74, 6) is -0.544. The summed E-state index contributed by atoms with van der Waals surface area (Å²) >= 11 is 5.90. The molecule has 1 aromatic carbocycles. The van der Waals surface area contributed by atoms with Crippen molar-refractivity contribution in [2.24, 2.45) is 0 Å². The number of pyridine rings is 1. The number of nitrogens with one attached hydrogen (secondary N) is 1. The van der Waals surface area contributed by atoms with Crippen LogP contribution in [-0.4, -0.2) is 23.3 Å². The highest BCUT2D eigenvalue weighted by Crippen LogP contribution is 2.24. The average molecular weight is 331 g/mol. The Bertz CT molecular complexity index is 853. The van der Waals surface area contributed by atoms with E-state index in [1.807, 2.05) is 0 Å². The van der Waals surface area contributed by atoms with Crippen LogP contribution in [0.4, 0.5) is 0 Å². The molecule has 1 N–H and O–H groups in total. The maximum atomic E-state index is 12.8. The van der Waals surface area contributed by atoms with E-state index in [1.54, 1.807) is 24.3 Å². The van der Waals surface area contributed by atoms with E-state index in [-0.39, 0.29) is 11.3 Å². The van der Waals surface area contributed by atoms with Gasteiger partial charge in [0, 0.05) is 35.4 Å². The molecule has 1 aliphatic carbocycles. The molecule has 0 saturated heterocycles. The predicted octanol–water partition coefficient (Wildman–Crippen LogP) is 2.37. The molecule has 2 aromatic rings. The van der Waals surface area contributed by atoms with Gasteiger partial charge in [-0.1, -0.05) is 11.6 Å². The van der Waals surface area contributed by atoms with Crippen LogP contribution in [0.5, 0.6) is 0 Å². The number of aromatic nitrogens is 1. The monoisotopic (exact) mass is 330 g/mol. The Morgan fingerprint density at radius 3 is 2.52 bits per heavy atom. The second kappa shape index (κ2) is 6.01. The van der Waals surface area contributed by atoms with E-state index in [1.165, 1.54) is 17.7 Å². The number of nitrogens with zero attached hydrogens (tertiary/aromatic N) is 1. The quantitative estimate of drug-likeness (QED) is 0.919. The first kappa shape index (κ1) is 15.5. The molecular weight excluding hydrogens is 316 g/mol. The van der Waals surface area contributed by atoms with E-state index in [9.17, 15) is 14.4 Å². The van der Waals surface area contributed by atoms with Crippen molar-refractivity contribution in [2.75, 3.05) is 7.05 Å². The smallest absolute Gasteiger partial charge is 0.268 e. The van der Waals surface area contributed by atoms with E-state index >= 15 is 0 Å². The molecule has 1 aromatic heterocycles. The SMILES string of the molecule is CNC(=O)c1cc2c(n(-c3ccc(Cl)cc3)c1=O)CCCC2=O. The minimum Gasteiger partial charge on any atom is -0.355 e. The maximum absolute atomic E-state index is 12.8. The Balaban J connectivity index is 2.34. The van der Waals surface area contributed by atoms with Gasteiger partial charge in [-0.3, -0.25) is 19.0 Å². The molecule has 0 unspecified atom stereocenters. The lowest BCUT2D eigenvalue weighted by atomic mass is 9.92. The number of hydrogen-bond acceptors (Lipinski definition) is 3. The second-order valence-electron chi connectivity index (χ2n) is 5.39. The fourth-order valence-electron chi connectivity index (χ4n) is 2.85. The van der Waals surface area contributed by atoms with Gasteiger partial charge in [0.25, 0.3) is 11.5 Å². The molecular formula is C17H15ClN2O3. The van der Waals surface area contributed by atoms with Crippen molar-refractivity contribution in [3.8, 4) is 5.69 Å². The summed E-state index contributed by atoms with van der Waals surface area (Å²) < 4.78 is 1.45. The molecule has 0 aliphatic heterocycles. The van der Waals surface area contributed by atoms with Crippen LogP contribution in [0.2, 0.25) is 5.02 Å². The third-order valence-corrected chi connectivity index (χ3v) is 4.23. The summed E-state index contributed by atoms with van der Waals surface area (Å²) in [6.45, 7) is 0. The lowest BCUT2D eigenvalue weighted by Crippen LogP contribution is -2.34. The summed E-state index contributed by atoms with van der Waals surface area (Å²) in [6.07, 6.45) is 1.74. The minimum atomic E-state index is -0.501. The number of benzene rings is 1. The van der Waals surface area contributed by atoms with Crippen LogP contribution in [-0.2, 0) is 6.42 Å². The Morgan fingerprint density at radius 1 is 1.17 bits per heavy atom. The lowest BCUT2D eigenvalue weighted by molar-refractivity contribution is 0.0961. The molecule has 0 fully saturated rings. The van der Waals surface area contributed by atoms with E-state index < -0.39 is 11.5 Å². The fourth-order valence-corrected chi connectivity index (χ4v) is 2.98. The number of ketones is 1. The fraction of sp³-hybridized carbons (Fsp3) is 0.235. The predicted molar refractivity (Wildman–Crippen MR) is 87.7 cm³/mol. The zero-order valence-corrected chi connectivity index (χ0v) is 13.3. The number of amides is 1. The molecule has 23 heavy (non-hydrogen) atoms. The molecule has 1 aliphatic rings. The zero-order chi connectivity index (χ0) is 16.6. The number of halogens is 1. The van der Waals surface area contributed by atoms with E-state index in [4.69, 9.17) is 11.6 Å². The highest BCUT2D eigenvalue weighted by Gasteiger charge is 2.25. The third kappa shape index (κ3) is 2.68. The molecule has 1 amide bonds. The second-order valence-corrected chi connectivity index (χ2v) is 5.83. The molecule has 0 spiro atoms. The summed E-state index contributed by atoms with van der Waals surface area (Å²) in [5, 5.41) is 3.00. The Morgan fingerprint density at radius 2 is 1.87 bits per heavy atom. The van der Waals surface area contributed by atoms with Crippen molar-refractivity contribution in [1.82, 2.24) is 9.88 Å². The topological polar surface area (TPSA) is 68.2 Å². The van der Waals surface area contributed by atoms with Gasteiger partial charge < -0.3 is 5.32 Å². The van der Waals surface area contributed by atoms with E-state index in [0.717, 1.165) is 0 Å². The molecule has 0 saturated carbocycles. The number of carbonyl (C=O) groups is 2. The molecule has 1 heterocycles. The van der Waals surface area contributed by atoms with Crippen molar-refractivity contribution in [3.05, 3.63) is 62.5 Å². The molecule has 3 rings (SSSR count). The van der Waals surface area contributed by atoms with Crippen molar-refractivity contribution < 1.29 is 9.59 Å². The van der Waals surface area contributed by atoms with Gasteiger partial charge in [-0.25, -0.2) is 0 Å². The van der Waals surface area contributed by atoms with Crippen LogP contribution in [0.15, 0.2) is 35.1 Å². The first-order chi connectivity index (χ1) is 11.0. The molecule has 5 nitrogen and oxygen atoms in total. The van der Waals surface area contributed by atoms with Crippen LogP contribution in [0.25, 0.3) is 5.69 Å². The molecule has 118 valence electrons. The van der Waals surface area contributed by atoms with Crippen LogP contribution < -0.4 is 10.9 Å². The number of fused-ring (bicyclic) bond motifs is 1. The lowest BCUT2D eigenvalue weighted by Gasteiger charge is -2.21. The van der Waals surface area contributed by atoms with Gasteiger partial charge >= 0.3 is 0 Å².